The number of benzene rings is 2. The van der Waals surface area contributed by atoms with Crippen LogP contribution in [0.1, 0.15) is 47.8 Å². The average Bonchev–Trinajstić information content (AvgIpc) is 3.18. The van der Waals surface area contributed by atoms with Gasteiger partial charge in [-0.1, -0.05) is 19.1 Å². The summed E-state index contributed by atoms with van der Waals surface area (Å²) in [6.07, 6.45) is 5.45. The van der Waals surface area contributed by atoms with Crippen LogP contribution in [0.15, 0.2) is 47.4 Å². The van der Waals surface area contributed by atoms with Gasteiger partial charge < -0.3 is 15.2 Å². The molecule has 1 aliphatic heterocycles. The van der Waals surface area contributed by atoms with Crippen LogP contribution in [0.5, 0.6) is 0 Å². The number of fused-ring (bicyclic) bond motifs is 1. The molecule has 1 aliphatic rings. The van der Waals surface area contributed by atoms with E-state index in [1.165, 1.54) is 30.5 Å². The van der Waals surface area contributed by atoms with Gasteiger partial charge in [0.25, 0.3) is 5.91 Å². The molecule has 160 valence electrons. The van der Waals surface area contributed by atoms with Crippen LogP contribution in [0.4, 0.5) is 5.69 Å². The van der Waals surface area contributed by atoms with E-state index in [9.17, 15) is 4.79 Å². The van der Waals surface area contributed by atoms with Crippen LogP contribution >= 0.6 is 11.8 Å². The molecule has 0 radical (unpaired) electrons. The van der Waals surface area contributed by atoms with Crippen molar-refractivity contribution in [3.05, 3.63) is 59.3 Å². The van der Waals surface area contributed by atoms with E-state index in [1.54, 1.807) is 0 Å². The lowest BCUT2D eigenvalue weighted by molar-refractivity contribution is 0.0949. The van der Waals surface area contributed by atoms with E-state index in [0.29, 0.717) is 12.2 Å². The number of thioether (sulfide) groups is 1. The highest BCUT2D eigenvalue weighted by Gasteiger charge is 2.17. The summed E-state index contributed by atoms with van der Waals surface area (Å²) >= 11 is 1.14. The maximum Gasteiger partial charge on any atom is 0.268 e. The number of thiocyanates is 1. The Labute approximate surface area is 187 Å². The lowest BCUT2D eigenvalue weighted by Crippen LogP contribution is -2.29. The van der Waals surface area contributed by atoms with Crippen LogP contribution in [-0.4, -0.2) is 30.5 Å². The van der Waals surface area contributed by atoms with Gasteiger partial charge in [0.05, 0.1) is 0 Å². The van der Waals surface area contributed by atoms with E-state index in [0.717, 1.165) is 59.1 Å². The first-order valence-corrected chi connectivity index (χ1v) is 11.8. The fourth-order valence-corrected chi connectivity index (χ4v) is 4.76. The van der Waals surface area contributed by atoms with Crippen molar-refractivity contribution < 1.29 is 4.79 Å². The molecule has 31 heavy (non-hydrogen) atoms. The number of carbonyl (C=O) groups is 1. The molecule has 1 saturated heterocycles. The van der Waals surface area contributed by atoms with Gasteiger partial charge in [0.15, 0.2) is 0 Å². The number of carbonyl (C=O) groups excluding carboxylic acids is 1. The Hall–Kier alpha value is -2.91. The van der Waals surface area contributed by atoms with Crippen LogP contribution in [0.25, 0.3) is 10.9 Å². The minimum absolute atomic E-state index is 0.0764. The summed E-state index contributed by atoms with van der Waals surface area (Å²) < 4.78 is 0. The number of hydrogen-bond acceptors (Lipinski definition) is 4. The van der Waals surface area contributed by atoms with E-state index in [2.05, 4.69) is 44.9 Å². The maximum absolute atomic E-state index is 12.8. The first-order valence-electron chi connectivity index (χ1n) is 11.0. The van der Waals surface area contributed by atoms with Crippen molar-refractivity contribution in [1.29, 1.82) is 5.26 Å². The Morgan fingerprint density at radius 2 is 1.94 bits per heavy atom. The SMILES string of the molecule is CCc1c(C(=O)NCCc2ccc(N3CCCCC3)cc2)[nH]c2ccc(SC#N)cc12. The topological polar surface area (TPSA) is 71.9 Å². The molecule has 2 N–H and O–H groups in total. The van der Waals surface area contributed by atoms with Gasteiger partial charge in [-0.25, -0.2) is 0 Å². The summed E-state index contributed by atoms with van der Waals surface area (Å²) in [4.78, 5) is 19.5. The third kappa shape index (κ3) is 4.88. The molecule has 1 fully saturated rings. The minimum Gasteiger partial charge on any atom is -0.372 e. The molecular formula is C25H28N4OS. The summed E-state index contributed by atoms with van der Waals surface area (Å²) in [5, 5.41) is 15.1. The van der Waals surface area contributed by atoms with Crippen molar-refractivity contribution in [2.75, 3.05) is 24.5 Å². The van der Waals surface area contributed by atoms with E-state index in [1.807, 2.05) is 25.1 Å². The summed E-state index contributed by atoms with van der Waals surface area (Å²) in [5.41, 5.74) is 5.08. The van der Waals surface area contributed by atoms with Gasteiger partial charge in [0.2, 0.25) is 0 Å². The van der Waals surface area contributed by atoms with Crippen LogP contribution in [-0.2, 0) is 12.8 Å². The van der Waals surface area contributed by atoms with Crippen molar-refractivity contribution in [2.24, 2.45) is 0 Å². The van der Waals surface area contributed by atoms with Crippen molar-refractivity contribution in [3.8, 4) is 5.40 Å². The van der Waals surface area contributed by atoms with Crippen molar-refractivity contribution in [3.63, 3.8) is 0 Å². The van der Waals surface area contributed by atoms with Gasteiger partial charge in [-0.2, -0.15) is 5.26 Å². The first kappa shape index (κ1) is 21.3. The highest BCUT2D eigenvalue weighted by atomic mass is 32.2. The number of rotatable bonds is 7. The standard InChI is InChI=1S/C25H28N4OS/c1-2-21-22-16-20(31-17-26)10-11-23(22)28-24(21)25(30)27-13-12-18-6-8-19(9-7-18)29-14-4-3-5-15-29/h6-11,16,28H,2-5,12-15H2,1H3,(H,27,30). The van der Waals surface area contributed by atoms with Crippen LogP contribution in [0.3, 0.4) is 0 Å². The van der Waals surface area contributed by atoms with Gasteiger partial charge in [-0.15, -0.1) is 0 Å². The molecule has 0 aliphatic carbocycles. The molecule has 5 nitrogen and oxygen atoms in total. The van der Waals surface area contributed by atoms with Crippen LogP contribution in [0, 0.1) is 10.7 Å². The quantitative estimate of drug-likeness (QED) is 0.394. The number of amides is 1. The Balaban J connectivity index is 1.38. The molecule has 0 spiro atoms. The number of hydrogen-bond donors (Lipinski definition) is 2. The number of aromatic nitrogens is 1. The van der Waals surface area contributed by atoms with E-state index < -0.39 is 0 Å². The number of piperidine rings is 1. The number of aromatic amines is 1. The summed E-state index contributed by atoms with van der Waals surface area (Å²) in [7, 11) is 0. The van der Waals surface area contributed by atoms with Gasteiger partial charge in [0, 0.05) is 41.1 Å². The highest BCUT2D eigenvalue weighted by Crippen LogP contribution is 2.28. The Morgan fingerprint density at radius 3 is 2.65 bits per heavy atom. The van der Waals surface area contributed by atoms with Gasteiger partial charge >= 0.3 is 0 Å². The summed E-state index contributed by atoms with van der Waals surface area (Å²) in [6.45, 7) is 4.94. The molecule has 1 aromatic heterocycles. The van der Waals surface area contributed by atoms with Gasteiger partial charge in [-0.3, -0.25) is 4.79 Å². The zero-order valence-electron chi connectivity index (χ0n) is 17.9. The number of aryl methyl sites for hydroxylation is 1. The minimum atomic E-state index is -0.0764. The molecule has 0 bridgehead atoms. The van der Waals surface area contributed by atoms with Crippen molar-refractivity contribution in [1.82, 2.24) is 10.3 Å². The number of anilines is 1. The van der Waals surface area contributed by atoms with Gasteiger partial charge in [-0.05, 0) is 85.3 Å². The zero-order valence-corrected chi connectivity index (χ0v) is 18.7. The molecule has 4 rings (SSSR count). The fourth-order valence-electron chi connectivity index (χ4n) is 4.34. The Kier molecular flexibility index (Phi) is 6.83. The molecule has 0 atom stereocenters. The predicted octanol–water partition coefficient (Wildman–Crippen LogP) is 5.27. The zero-order chi connectivity index (χ0) is 21.6. The van der Waals surface area contributed by atoms with E-state index in [-0.39, 0.29) is 5.91 Å². The second-order valence-electron chi connectivity index (χ2n) is 7.95. The number of nitriles is 1. The molecule has 3 aromatic rings. The Morgan fingerprint density at radius 1 is 1.16 bits per heavy atom. The number of nitrogens with one attached hydrogen (secondary N) is 2. The number of H-pyrrole nitrogens is 1. The maximum atomic E-state index is 12.8. The monoisotopic (exact) mass is 432 g/mol. The largest absolute Gasteiger partial charge is 0.372 e. The third-order valence-corrected chi connectivity index (χ3v) is 6.56. The van der Waals surface area contributed by atoms with Crippen molar-refractivity contribution in [2.45, 2.75) is 43.9 Å². The predicted molar refractivity (Wildman–Crippen MR) is 128 cm³/mol. The number of nitrogens with zero attached hydrogens (tertiary/aromatic N) is 2. The molecular weight excluding hydrogens is 404 g/mol. The molecule has 1 amide bonds. The highest BCUT2D eigenvalue weighted by molar-refractivity contribution is 8.03. The third-order valence-electron chi connectivity index (χ3n) is 5.98. The summed E-state index contributed by atoms with van der Waals surface area (Å²) in [5.74, 6) is -0.0764. The van der Waals surface area contributed by atoms with Crippen LogP contribution < -0.4 is 10.2 Å². The lowest BCUT2D eigenvalue weighted by Gasteiger charge is -2.28. The second-order valence-corrected chi connectivity index (χ2v) is 8.81. The molecule has 6 heteroatoms. The molecule has 2 heterocycles. The van der Waals surface area contributed by atoms with Crippen LogP contribution in [0.2, 0.25) is 0 Å². The van der Waals surface area contributed by atoms with Crippen molar-refractivity contribution >= 4 is 34.3 Å². The molecule has 0 saturated carbocycles. The fraction of sp³-hybridized carbons (Fsp3) is 0.360. The lowest BCUT2D eigenvalue weighted by atomic mass is 10.1. The van der Waals surface area contributed by atoms with E-state index in [4.69, 9.17) is 5.26 Å². The second kappa shape index (κ2) is 9.93. The summed E-state index contributed by atoms with van der Waals surface area (Å²) in [6, 6.07) is 14.6. The Bertz CT molecular complexity index is 1090. The van der Waals surface area contributed by atoms with E-state index >= 15 is 0 Å². The molecule has 0 unspecified atom stereocenters. The average molecular weight is 433 g/mol. The molecule has 2 aromatic carbocycles. The first-order chi connectivity index (χ1) is 15.2. The normalized spacial score (nSPS) is 13.9. The smallest absolute Gasteiger partial charge is 0.268 e. The van der Waals surface area contributed by atoms with Gasteiger partial charge in [0.1, 0.15) is 11.1 Å².